The normalized spacial score (nSPS) is 24.4. The number of nitrogens with one attached hydrogen (secondary N) is 1. The Labute approximate surface area is 107 Å². The van der Waals surface area contributed by atoms with Crippen LogP contribution >= 0.6 is 0 Å². The number of hydrogen-bond donors (Lipinski definition) is 1. The van der Waals surface area contributed by atoms with Gasteiger partial charge in [0, 0.05) is 19.2 Å². The lowest BCUT2D eigenvalue weighted by Crippen LogP contribution is -2.45. The zero-order chi connectivity index (χ0) is 12.7. The maximum Gasteiger partial charge on any atom is 0.0752 e. The van der Waals surface area contributed by atoms with E-state index in [0.717, 1.165) is 19.7 Å². The van der Waals surface area contributed by atoms with E-state index >= 15 is 0 Å². The van der Waals surface area contributed by atoms with Crippen molar-refractivity contribution in [2.75, 3.05) is 32.8 Å². The zero-order valence-electron chi connectivity index (χ0n) is 12.1. The van der Waals surface area contributed by atoms with E-state index in [9.17, 15) is 0 Å². The van der Waals surface area contributed by atoms with Crippen molar-refractivity contribution in [3.8, 4) is 0 Å². The van der Waals surface area contributed by atoms with E-state index in [1.807, 2.05) is 0 Å². The molecular weight excluding hydrogens is 212 g/mol. The monoisotopic (exact) mass is 242 g/mol. The van der Waals surface area contributed by atoms with Crippen molar-refractivity contribution >= 4 is 0 Å². The van der Waals surface area contributed by atoms with Crippen LogP contribution in [0.15, 0.2) is 0 Å². The van der Waals surface area contributed by atoms with Crippen LogP contribution in [0.25, 0.3) is 0 Å². The first-order chi connectivity index (χ1) is 8.07. The van der Waals surface area contributed by atoms with Gasteiger partial charge in [-0.1, -0.05) is 6.92 Å². The highest BCUT2D eigenvalue weighted by Crippen LogP contribution is 2.14. The summed E-state index contributed by atoms with van der Waals surface area (Å²) in [5, 5.41) is 3.62. The maximum atomic E-state index is 5.80. The molecule has 0 spiro atoms. The molecule has 0 aromatic carbocycles. The minimum Gasteiger partial charge on any atom is -0.375 e. The molecule has 3 heteroatoms. The van der Waals surface area contributed by atoms with Gasteiger partial charge in [-0.2, -0.15) is 0 Å². The molecule has 0 amide bonds. The standard InChI is InChI=1S/C14H30N2O/c1-5-13-8-11-16(10-7-9-15-13)12-14(3,4)17-6-2/h13,15H,5-12H2,1-4H3. The van der Waals surface area contributed by atoms with Crippen LogP contribution in [0.5, 0.6) is 0 Å². The van der Waals surface area contributed by atoms with E-state index in [1.165, 1.54) is 32.4 Å². The molecule has 1 saturated heterocycles. The topological polar surface area (TPSA) is 24.5 Å². The van der Waals surface area contributed by atoms with Gasteiger partial charge in [0.15, 0.2) is 0 Å². The molecule has 0 radical (unpaired) electrons. The van der Waals surface area contributed by atoms with Gasteiger partial charge < -0.3 is 15.0 Å². The van der Waals surface area contributed by atoms with Crippen molar-refractivity contribution in [1.82, 2.24) is 10.2 Å². The van der Waals surface area contributed by atoms with Crippen molar-refractivity contribution in [1.29, 1.82) is 0 Å². The number of nitrogens with zero attached hydrogens (tertiary/aromatic N) is 1. The van der Waals surface area contributed by atoms with Crippen LogP contribution in [0.4, 0.5) is 0 Å². The Bertz CT molecular complexity index is 206. The molecule has 1 atom stereocenters. The quantitative estimate of drug-likeness (QED) is 0.800. The third kappa shape index (κ3) is 5.84. The fourth-order valence-corrected chi connectivity index (χ4v) is 2.64. The Morgan fingerprint density at radius 2 is 2.06 bits per heavy atom. The molecule has 0 bridgehead atoms. The highest BCUT2D eigenvalue weighted by Gasteiger charge is 2.23. The Morgan fingerprint density at radius 1 is 1.29 bits per heavy atom. The van der Waals surface area contributed by atoms with Gasteiger partial charge in [-0.25, -0.2) is 0 Å². The minimum absolute atomic E-state index is 0.0108. The minimum atomic E-state index is -0.0108. The largest absolute Gasteiger partial charge is 0.375 e. The number of ether oxygens (including phenoxy) is 1. The highest BCUT2D eigenvalue weighted by atomic mass is 16.5. The molecule has 0 aromatic heterocycles. The summed E-state index contributed by atoms with van der Waals surface area (Å²) in [5.41, 5.74) is -0.0108. The summed E-state index contributed by atoms with van der Waals surface area (Å²) >= 11 is 0. The fraction of sp³-hybridized carbons (Fsp3) is 1.00. The SMILES string of the molecule is CCOC(C)(C)CN1CCCNC(CC)CC1. The van der Waals surface area contributed by atoms with Crippen molar-refractivity contribution in [3.63, 3.8) is 0 Å². The first-order valence-corrected chi connectivity index (χ1v) is 7.17. The molecule has 1 fully saturated rings. The van der Waals surface area contributed by atoms with Gasteiger partial charge in [0.2, 0.25) is 0 Å². The van der Waals surface area contributed by atoms with Crippen LogP contribution in [0.1, 0.15) is 47.0 Å². The van der Waals surface area contributed by atoms with Crippen LogP contribution in [-0.2, 0) is 4.74 Å². The van der Waals surface area contributed by atoms with Crippen LogP contribution < -0.4 is 5.32 Å². The van der Waals surface area contributed by atoms with Gasteiger partial charge in [-0.15, -0.1) is 0 Å². The number of hydrogen-bond acceptors (Lipinski definition) is 3. The molecule has 102 valence electrons. The smallest absolute Gasteiger partial charge is 0.0752 e. The van der Waals surface area contributed by atoms with Crippen molar-refractivity contribution < 1.29 is 4.74 Å². The van der Waals surface area contributed by atoms with E-state index in [-0.39, 0.29) is 5.60 Å². The van der Waals surface area contributed by atoms with Crippen molar-refractivity contribution in [3.05, 3.63) is 0 Å². The molecule has 0 aromatic rings. The second-order valence-electron chi connectivity index (χ2n) is 5.67. The molecule has 1 aliphatic heterocycles. The first kappa shape index (κ1) is 14.9. The molecule has 17 heavy (non-hydrogen) atoms. The molecule has 1 aliphatic rings. The lowest BCUT2D eigenvalue weighted by atomic mass is 10.1. The van der Waals surface area contributed by atoms with Crippen LogP contribution in [0, 0.1) is 0 Å². The maximum absolute atomic E-state index is 5.80. The summed E-state index contributed by atoms with van der Waals surface area (Å²) in [5.74, 6) is 0. The molecule has 1 unspecified atom stereocenters. The van der Waals surface area contributed by atoms with E-state index < -0.39 is 0 Å². The van der Waals surface area contributed by atoms with Gasteiger partial charge in [0.25, 0.3) is 0 Å². The lowest BCUT2D eigenvalue weighted by Gasteiger charge is -2.35. The van der Waals surface area contributed by atoms with E-state index in [2.05, 4.69) is 37.9 Å². The van der Waals surface area contributed by atoms with E-state index in [0.29, 0.717) is 6.04 Å². The summed E-state index contributed by atoms with van der Waals surface area (Å²) in [6, 6.07) is 0.702. The Balaban J connectivity index is 2.41. The molecule has 0 aliphatic carbocycles. The van der Waals surface area contributed by atoms with Gasteiger partial charge in [0.1, 0.15) is 0 Å². The molecular formula is C14H30N2O. The Morgan fingerprint density at radius 3 is 2.71 bits per heavy atom. The number of rotatable bonds is 5. The predicted octanol–water partition coefficient (Wildman–Crippen LogP) is 2.27. The van der Waals surface area contributed by atoms with E-state index in [1.54, 1.807) is 0 Å². The second kappa shape index (κ2) is 7.34. The second-order valence-corrected chi connectivity index (χ2v) is 5.67. The highest BCUT2D eigenvalue weighted by molar-refractivity contribution is 4.78. The molecule has 1 N–H and O–H groups in total. The van der Waals surface area contributed by atoms with Gasteiger partial charge in [-0.3, -0.25) is 0 Å². The van der Waals surface area contributed by atoms with Gasteiger partial charge >= 0.3 is 0 Å². The molecule has 1 rings (SSSR count). The van der Waals surface area contributed by atoms with Crippen molar-refractivity contribution in [2.24, 2.45) is 0 Å². The first-order valence-electron chi connectivity index (χ1n) is 7.17. The van der Waals surface area contributed by atoms with Gasteiger partial charge in [0.05, 0.1) is 5.60 Å². The summed E-state index contributed by atoms with van der Waals surface area (Å²) in [6.07, 6.45) is 3.75. The zero-order valence-corrected chi connectivity index (χ0v) is 12.1. The summed E-state index contributed by atoms with van der Waals surface area (Å²) in [4.78, 5) is 2.57. The fourth-order valence-electron chi connectivity index (χ4n) is 2.64. The van der Waals surface area contributed by atoms with E-state index in [4.69, 9.17) is 4.74 Å². The van der Waals surface area contributed by atoms with Crippen LogP contribution in [0.3, 0.4) is 0 Å². The third-order valence-electron chi connectivity index (χ3n) is 3.51. The van der Waals surface area contributed by atoms with Crippen LogP contribution in [-0.4, -0.2) is 49.3 Å². The average Bonchev–Trinajstić information content (AvgIpc) is 2.22. The molecule has 1 heterocycles. The Hall–Kier alpha value is -0.120. The summed E-state index contributed by atoms with van der Waals surface area (Å²) < 4.78 is 5.80. The van der Waals surface area contributed by atoms with Crippen molar-refractivity contribution in [2.45, 2.75) is 58.6 Å². The predicted molar refractivity (Wildman–Crippen MR) is 73.5 cm³/mol. The summed E-state index contributed by atoms with van der Waals surface area (Å²) in [6.45, 7) is 14.2. The molecule has 0 saturated carbocycles. The molecule has 3 nitrogen and oxygen atoms in total. The third-order valence-corrected chi connectivity index (χ3v) is 3.51. The van der Waals surface area contributed by atoms with Gasteiger partial charge in [-0.05, 0) is 59.7 Å². The lowest BCUT2D eigenvalue weighted by molar-refractivity contribution is -0.0355. The van der Waals surface area contributed by atoms with Crippen LogP contribution in [0.2, 0.25) is 0 Å². The average molecular weight is 242 g/mol. The Kier molecular flexibility index (Phi) is 6.45. The summed E-state index contributed by atoms with van der Waals surface area (Å²) in [7, 11) is 0.